The van der Waals surface area contributed by atoms with E-state index in [4.69, 9.17) is 15.0 Å². The second-order valence-electron chi connectivity index (χ2n) is 11.3. The molecule has 0 unspecified atom stereocenters. The minimum absolute atomic E-state index is 0.594. The first-order valence-corrected chi connectivity index (χ1v) is 15.1. The lowest BCUT2D eigenvalue weighted by atomic mass is 9.95. The first kappa shape index (κ1) is 25.4. The van der Waals surface area contributed by atoms with Crippen LogP contribution in [0.4, 0.5) is 0 Å². The van der Waals surface area contributed by atoms with Gasteiger partial charge in [-0.15, -0.1) is 0 Å². The van der Waals surface area contributed by atoms with Gasteiger partial charge in [-0.3, -0.25) is 4.57 Å². The van der Waals surface area contributed by atoms with Crippen LogP contribution in [0.25, 0.3) is 83.2 Å². The van der Waals surface area contributed by atoms with Crippen molar-refractivity contribution in [2.24, 2.45) is 0 Å². The molecular weight excluding hydrogens is 548 g/mol. The fourth-order valence-electron chi connectivity index (χ4n) is 6.54. The molecule has 210 valence electrons. The fourth-order valence-corrected chi connectivity index (χ4v) is 6.54. The highest BCUT2D eigenvalue weighted by molar-refractivity contribution is 6.13. The van der Waals surface area contributed by atoms with Crippen molar-refractivity contribution in [3.63, 3.8) is 0 Å². The first-order valence-electron chi connectivity index (χ1n) is 15.1. The molecule has 0 atom stereocenters. The van der Waals surface area contributed by atoms with Crippen LogP contribution in [0.1, 0.15) is 0 Å². The van der Waals surface area contributed by atoms with Gasteiger partial charge in [0.25, 0.3) is 0 Å². The monoisotopic (exact) mass is 574 g/mol. The molecule has 45 heavy (non-hydrogen) atoms. The highest BCUT2D eigenvalue weighted by Crippen LogP contribution is 2.37. The molecule has 0 bridgehead atoms. The lowest BCUT2D eigenvalue weighted by Crippen LogP contribution is -2.06. The first-order chi connectivity index (χ1) is 22.3. The van der Waals surface area contributed by atoms with Crippen LogP contribution in [0.2, 0.25) is 0 Å². The van der Waals surface area contributed by atoms with Crippen LogP contribution in [0.3, 0.4) is 0 Å². The predicted octanol–water partition coefficient (Wildman–Crippen LogP) is 10.3. The van der Waals surface area contributed by atoms with E-state index in [9.17, 15) is 0 Å². The topological polar surface area (TPSA) is 43.6 Å². The van der Waals surface area contributed by atoms with Gasteiger partial charge in [0.05, 0.1) is 11.0 Å². The van der Waals surface area contributed by atoms with E-state index in [0.29, 0.717) is 17.6 Å². The van der Waals surface area contributed by atoms with Gasteiger partial charge in [-0.2, -0.15) is 9.97 Å². The molecule has 9 aromatic rings. The number of hydrogen-bond donors (Lipinski definition) is 0. The van der Waals surface area contributed by atoms with Crippen molar-refractivity contribution < 1.29 is 0 Å². The molecule has 2 heterocycles. The zero-order valence-corrected chi connectivity index (χ0v) is 24.3. The summed E-state index contributed by atoms with van der Waals surface area (Å²) >= 11 is 0. The van der Waals surface area contributed by atoms with Crippen LogP contribution in [0.5, 0.6) is 0 Å². The maximum absolute atomic E-state index is 5.25. The maximum atomic E-state index is 5.25. The van der Waals surface area contributed by atoms with Gasteiger partial charge in [-0.25, -0.2) is 4.98 Å². The van der Waals surface area contributed by atoms with Crippen molar-refractivity contribution in [2.45, 2.75) is 0 Å². The highest BCUT2D eigenvalue weighted by atomic mass is 15.2. The summed E-state index contributed by atoms with van der Waals surface area (Å²) in [5, 5.41) is 6.98. The van der Waals surface area contributed by atoms with Gasteiger partial charge < -0.3 is 0 Å². The summed E-state index contributed by atoms with van der Waals surface area (Å²) in [6.07, 6.45) is 0. The summed E-state index contributed by atoms with van der Waals surface area (Å²) in [6, 6.07) is 55.1. The van der Waals surface area contributed by atoms with Crippen molar-refractivity contribution in [3.05, 3.63) is 158 Å². The molecule has 0 aliphatic carbocycles. The van der Waals surface area contributed by atoms with E-state index >= 15 is 0 Å². The highest BCUT2D eigenvalue weighted by Gasteiger charge is 2.19. The lowest BCUT2D eigenvalue weighted by molar-refractivity contribution is 0.954. The number of para-hydroxylation sites is 1. The Hall–Kier alpha value is -6.13. The summed E-state index contributed by atoms with van der Waals surface area (Å²) in [5.74, 6) is 1.87. The third-order valence-electron chi connectivity index (χ3n) is 8.65. The standard InChI is InChI=1S/C41H26N4/c1-3-13-27(14-4-1)31-23-24-35(33-20-10-9-19-32(31)33)40-42-39(28-15-5-2-6-16-28)43-41(44-40)45-37-22-12-11-21-34(37)36-25-29-17-7-8-18-30(29)26-38(36)45/h1-26H. The largest absolute Gasteiger partial charge is 0.278 e. The molecule has 0 radical (unpaired) electrons. The van der Waals surface area contributed by atoms with Gasteiger partial charge in [-0.05, 0) is 56.9 Å². The van der Waals surface area contributed by atoms with Gasteiger partial charge in [-0.1, -0.05) is 133 Å². The quantitative estimate of drug-likeness (QED) is 0.210. The zero-order valence-electron chi connectivity index (χ0n) is 24.3. The van der Waals surface area contributed by atoms with Crippen molar-refractivity contribution in [3.8, 4) is 39.9 Å². The molecule has 9 rings (SSSR count). The molecule has 0 saturated carbocycles. The molecular formula is C41H26N4. The maximum Gasteiger partial charge on any atom is 0.238 e. The van der Waals surface area contributed by atoms with Gasteiger partial charge in [0.1, 0.15) is 0 Å². The molecule has 4 heteroatoms. The average molecular weight is 575 g/mol. The number of nitrogens with zero attached hydrogens (tertiary/aromatic N) is 4. The number of aromatic nitrogens is 4. The Balaban J connectivity index is 1.35. The van der Waals surface area contributed by atoms with Crippen LogP contribution < -0.4 is 0 Å². The van der Waals surface area contributed by atoms with Crippen LogP contribution in [-0.2, 0) is 0 Å². The van der Waals surface area contributed by atoms with Gasteiger partial charge in [0.15, 0.2) is 11.6 Å². The molecule has 0 saturated heterocycles. The number of benzene rings is 7. The molecule has 0 aliphatic rings. The Morgan fingerprint density at radius 3 is 1.67 bits per heavy atom. The normalized spacial score (nSPS) is 11.6. The van der Waals surface area contributed by atoms with Crippen LogP contribution in [-0.4, -0.2) is 19.5 Å². The third kappa shape index (κ3) is 4.19. The lowest BCUT2D eigenvalue weighted by Gasteiger charge is -2.14. The molecule has 0 fully saturated rings. The van der Waals surface area contributed by atoms with Gasteiger partial charge in [0.2, 0.25) is 5.95 Å². The van der Waals surface area contributed by atoms with Crippen LogP contribution in [0, 0.1) is 0 Å². The van der Waals surface area contributed by atoms with E-state index < -0.39 is 0 Å². The average Bonchev–Trinajstić information content (AvgIpc) is 3.44. The summed E-state index contributed by atoms with van der Waals surface area (Å²) in [7, 11) is 0. The zero-order chi connectivity index (χ0) is 29.7. The number of fused-ring (bicyclic) bond motifs is 5. The molecule has 4 nitrogen and oxygen atoms in total. The third-order valence-corrected chi connectivity index (χ3v) is 8.65. The summed E-state index contributed by atoms with van der Waals surface area (Å²) in [6.45, 7) is 0. The van der Waals surface area contributed by atoms with Crippen LogP contribution in [0.15, 0.2) is 158 Å². The van der Waals surface area contributed by atoms with E-state index in [-0.39, 0.29) is 0 Å². The van der Waals surface area contributed by atoms with E-state index in [1.165, 1.54) is 32.7 Å². The van der Waals surface area contributed by atoms with Crippen molar-refractivity contribution in [2.75, 3.05) is 0 Å². The molecule has 0 N–H and O–H groups in total. The SMILES string of the molecule is c1ccc(-c2nc(-c3ccc(-c4ccccc4)c4ccccc34)nc(-n3c4ccccc4c4cc5ccccc5cc43)n2)cc1. The van der Waals surface area contributed by atoms with Crippen molar-refractivity contribution in [1.29, 1.82) is 0 Å². The minimum Gasteiger partial charge on any atom is -0.278 e. The van der Waals surface area contributed by atoms with E-state index in [1.807, 2.05) is 18.2 Å². The Kier molecular flexibility index (Phi) is 5.78. The molecule has 0 spiro atoms. The fraction of sp³-hybridized carbons (Fsp3) is 0. The number of hydrogen-bond acceptors (Lipinski definition) is 3. The van der Waals surface area contributed by atoms with Gasteiger partial charge in [0, 0.05) is 21.9 Å². The Bertz CT molecular complexity index is 2530. The van der Waals surface area contributed by atoms with Crippen LogP contribution >= 0.6 is 0 Å². The van der Waals surface area contributed by atoms with E-state index in [2.05, 4.69) is 144 Å². The van der Waals surface area contributed by atoms with E-state index in [1.54, 1.807) is 0 Å². The predicted molar refractivity (Wildman–Crippen MR) is 185 cm³/mol. The molecule has 0 amide bonds. The summed E-state index contributed by atoms with van der Waals surface area (Å²) in [4.78, 5) is 15.5. The molecule has 7 aromatic carbocycles. The Morgan fingerprint density at radius 2 is 0.911 bits per heavy atom. The number of rotatable bonds is 4. The second-order valence-corrected chi connectivity index (χ2v) is 11.3. The summed E-state index contributed by atoms with van der Waals surface area (Å²) < 4.78 is 2.19. The molecule has 2 aromatic heterocycles. The Labute approximate surface area is 259 Å². The van der Waals surface area contributed by atoms with Gasteiger partial charge >= 0.3 is 0 Å². The summed E-state index contributed by atoms with van der Waals surface area (Å²) in [5.41, 5.74) is 6.40. The van der Waals surface area contributed by atoms with E-state index in [0.717, 1.165) is 32.9 Å². The second kappa shape index (κ2) is 10.2. The smallest absolute Gasteiger partial charge is 0.238 e. The molecule has 0 aliphatic heterocycles. The minimum atomic E-state index is 0.594. The Morgan fingerprint density at radius 1 is 0.356 bits per heavy atom. The van der Waals surface area contributed by atoms with Crippen molar-refractivity contribution in [1.82, 2.24) is 19.5 Å². The van der Waals surface area contributed by atoms with Crippen molar-refractivity contribution >= 4 is 43.4 Å².